The average Bonchev–Trinajstić information content (AvgIpc) is 3.35. The fourth-order valence-electron chi connectivity index (χ4n) is 3.09. The van der Waals surface area contributed by atoms with Crippen LogP contribution in [0.3, 0.4) is 0 Å². The number of alkyl halides is 3. The van der Waals surface area contributed by atoms with E-state index >= 15 is 0 Å². The highest BCUT2D eigenvalue weighted by Crippen LogP contribution is 2.45. The Hall–Kier alpha value is -1.37. The molecule has 26 heavy (non-hydrogen) atoms. The van der Waals surface area contributed by atoms with Gasteiger partial charge in [0.2, 0.25) is 0 Å². The fraction of sp³-hybridized carbons (Fsp3) is 0.579. The number of hydrogen-bond donors (Lipinski definition) is 1. The second kappa shape index (κ2) is 8.55. The quantitative estimate of drug-likeness (QED) is 0.557. The summed E-state index contributed by atoms with van der Waals surface area (Å²) in [6, 6.07) is 5.59. The number of aliphatic carboxylic acids is 1. The van der Waals surface area contributed by atoms with E-state index < -0.39 is 30.3 Å². The molecule has 0 amide bonds. The molecule has 1 N–H and O–H groups in total. The minimum Gasteiger partial charge on any atom is -0.481 e. The van der Waals surface area contributed by atoms with E-state index in [2.05, 4.69) is 15.9 Å². The number of carbonyl (C=O) groups is 2. The van der Waals surface area contributed by atoms with Crippen LogP contribution in [0.15, 0.2) is 22.7 Å². The first-order valence-corrected chi connectivity index (χ1v) is 9.45. The maximum Gasteiger partial charge on any atom is 0.391 e. The molecule has 1 aromatic rings. The number of rotatable bonds is 9. The van der Waals surface area contributed by atoms with E-state index in [0.717, 1.165) is 35.4 Å². The summed E-state index contributed by atoms with van der Waals surface area (Å²) in [4.78, 5) is 23.0. The highest BCUT2D eigenvalue weighted by atomic mass is 79.9. The largest absolute Gasteiger partial charge is 0.481 e. The molecule has 0 heterocycles. The van der Waals surface area contributed by atoms with E-state index in [9.17, 15) is 22.8 Å². The SMILES string of the molecule is C[C@H](CC(=O)CCc1cc(C(CC(=O)O)C2CC2)ccc1Br)C(F)(F)F. The fourth-order valence-corrected chi connectivity index (χ4v) is 3.54. The van der Waals surface area contributed by atoms with E-state index in [1.165, 1.54) is 0 Å². The topological polar surface area (TPSA) is 54.4 Å². The monoisotopic (exact) mass is 434 g/mol. The van der Waals surface area contributed by atoms with Crippen LogP contribution >= 0.6 is 15.9 Å². The lowest BCUT2D eigenvalue weighted by atomic mass is 9.89. The van der Waals surface area contributed by atoms with Gasteiger partial charge >= 0.3 is 12.1 Å². The van der Waals surface area contributed by atoms with Crippen molar-refractivity contribution in [3.63, 3.8) is 0 Å². The van der Waals surface area contributed by atoms with E-state index in [4.69, 9.17) is 5.11 Å². The number of carbonyl (C=O) groups excluding carboxylic acids is 1. The number of aryl methyl sites for hydroxylation is 1. The Bertz CT molecular complexity index is 668. The number of ketones is 1. The van der Waals surface area contributed by atoms with Crippen LogP contribution in [0.5, 0.6) is 0 Å². The van der Waals surface area contributed by atoms with Crippen LogP contribution in [0.1, 0.15) is 56.1 Å². The van der Waals surface area contributed by atoms with Gasteiger partial charge in [-0.15, -0.1) is 0 Å². The van der Waals surface area contributed by atoms with Crippen LogP contribution in [-0.2, 0) is 16.0 Å². The number of Topliss-reactive ketones (excluding diaryl/α,β-unsaturated/α-hetero) is 1. The van der Waals surface area contributed by atoms with Gasteiger partial charge in [0.05, 0.1) is 12.3 Å². The Kier molecular flexibility index (Phi) is 6.88. The summed E-state index contributed by atoms with van der Waals surface area (Å²) in [5.41, 5.74) is 1.75. The van der Waals surface area contributed by atoms with Gasteiger partial charge in [0.1, 0.15) is 5.78 Å². The molecule has 0 saturated heterocycles. The molecule has 0 spiro atoms. The summed E-state index contributed by atoms with van der Waals surface area (Å²) in [7, 11) is 0. The first kappa shape index (κ1) is 20.9. The van der Waals surface area contributed by atoms with Crippen molar-refractivity contribution in [3.05, 3.63) is 33.8 Å². The van der Waals surface area contributed by atoms with E-state index in [1.54, 1.807) is 0 Å². The van der Waals surface area contributed by atoms with Gasteiger partial charge in [-0.05, 0) is 48.3 Å². The van der Waals surface area contributed by atoms with Gasteiger partial charge in [-0.1, -0.05) is 35.0 Å². The van der Waals surface area contributed by atoms with Crippen molar-refractivity contribution in [1.29, 1.82) is 0 Å². The number of carboxylic acids is 1. The molecule has 0 aromatic heterocycles. The highest BCUT2D eigenvalue weighted by Gasteiger charge is 2.37. The predicted molar refractivity (Wildman–Crippen MR) is 95.0 cm³/mol. The Morgan fingerprint density at radius 3 is 2.46 bits per heavy atom. The first-order valence-electron chi connectivity index (χ1n) is 8.66. The van der Waals surface area contributed by atoms with Gasteiger partial charge < -0.3 is 5.11 Å². The zero-order chi connectivity index (χ0) is 19.5. The molecule has 1 unspecified atom stereocenters. The highest BCUT2D eigenvalue weighted by molar-refractivity contribution is 9.10. The maximum absolute atomic E-state index is 12.6. The summed E-state index contributed by atoms with van der Waals surface area (Å²) in [6.07, 6.45) is -2.41. The van der Waals surface area contributed by atoms with E-state index in [0.29, 0.717) is 12.3 Å². The molecule has 3 nitrogen and oxygen atoms in total. The van der Waals surface area contributed by atoms with Gasteiger partial charge in [0, 0.05) is 17.3 Å². The van der Waals surface area contributed by atoms with Crippen LogP contribution in [0, 0.1) is 11.8 Å². The summed E-state index contributed by atoms with van der Waals surface area (Å²) in [5.74, 6) is -2.59. The van der Waals surface area contributed by atoms with Crippen molar-refractivity contribution < 1.29 is 27.9 Å². The minimum atomic E-state index is -4.36. The third kappa shape index (κ3) is 6.11. The van der Waals surface area contributed by atoms with Gasteiger partial charge in [-0.25, -0.2) is 0 Å². The van der Waals surface area contributed by atoms with Crippen LogP contribution in [0.25, 0.3) is 0 Å². The molecule has 1 aliphatic carbocycles. The second-order valence-corrected chi connectivity index (χ2v) is 7.93. The van der Waals surface area contributed by atoms with Crippen molar-refractivity contribution in [3.8, 4) is 0 Å². The lowest BCUT2D eigenvalue weighted by Crippen LogP contribution is -2.22. The van der Waals surface area contributed by atoms with E-state index in [-0.39, 0.29) is 18.8 Å². The smallest absolute Gasteiger partial charge is 0.391 e. The molecule has 1 aromatic carbocycles. The van der Waals surface area contributed by atoms with Crippen molar-refractivity contribution in [2.45, 2.75) is 57.5 Å². The molecule has 2 rings (SSSR count). The lowest BCUT2D eigenvalue weighted by molar-refractivity contribution is -0.173. The summed E-state index contributed by atoms with van der Waals surface area (Å²) in [5, 5.41) is 9.13. The molecule has 1 fully saturated rings. The third-order valence-electron chi connectivity index (χ3n) is 4.85. The van der Waals surface area contributed by atoms with Crippen molar-refractivity contribution in [2.75, 3.05) is 0 Å². The Labute approximate surface area is 159 Å². The number of carboxylic acid groups (broad SMARTS) is 1. The minimum absolute atomic E-state index is 0.0372. The van der Waals surface area contributed by atoms with Crippen molar-refractivity contribution in [2.24, 2.45) is 11.8 Å². The zero-order valence-corrected chi connectivity index (χ0v) is 16.1. The maximum atomic E-state index is 12.6. The van der Waals surface area contributed by atoms with Gasteiger partial charge in [-0.3, -0.25) is 9.59 Å². The molecule has 1 saturated carbocycles. The molecular weight excluding hydrogens is 413 g/mol. The third-order valence-corrected chi connectivity index (χ3v) is 5.62. The summed E-state index contributed by atoms with van der Waals surface area (Å²) >= 11 is 3.41. The Balaban J connectivity index is 2.03. The zero-order valence-electron chi connectivity index (χ0n) is 14.5. The first-order chi connectivity index (χ1) is 12.1. The van der Waals surface area contributed by atoms with Crippen molar-refractivity contribution >= 4 is 27.7 Å². The molecule has 7 heteroatoms. The summed E-state index contributed by atoms with van der Waals surface area (Å²) in [6.45, 7) is 1.01. The number of hydrogen-bond acceptors (Lipinski definition) is 2. The average molecular weight is 435 g/mol. The van der Waals surface area contributed by atoms with Crippen LogP contribution in [0.4, 0.5) is 13.2 Å². The molecule has 2 atom stereocenters. The molecular formula is C19H22BrF3O3. The molecule has 1 aliphatic rings. The predicted octanol–water partition coefficient (Wildman–Crippen LogP) is 5.51. The molecule has 144 valence electrons. The Morgan fingerprint density at radius 2 is 1.92 bits per heavy atom. The summed E-state index contributed by atoms with van der Waals surface area (Å²) < 4.78 is 38.5. The van der Waals surface area contributed by atoms with E-state index in [1.807, 2.05) is 18.2 Å². The lowest BCUT2D eigenvalue weighted by Gasteiger charge is -2.17. The van der Waals surface area contributed by atoms with Gasteiger partial charge in [-0.2, -0.15) is 13.2 Å². The molecule has 0 bridgehead atoms. The van der Waals surface area contributed by atoms with Gasteiger partial charge in [0.15, 0.2) is 0 Å². The van der Waals surface area contributed by atoms with Crippen LogP contribution in [0.2, 0.25) is 0 Å². The van der Waals surface area contributed by atoms with Crippen LogP contribution < -0.4 is 0 Å². The normalized spacial score (nSPS) is 17.0. The standard InChI is InChI=1S/C19H22BrF3O3/c1-11(19(21,22)23)8-15(24)6-4-14-9-13(5-7-17(14)20)16(10-18(25)26)12-2-3-12/h5,7,9,11-12,16H,2-4,6,8,10H2,1H3,(H,25,26)/t11-,16?/m1/s1. The van der Waals surface area contributed by atoms with Crippen LogP contribution in [-0.4, -0.2) is 23.0 Å². The van der Waals surface area contributed by atoms with Crippen molar-refractivity contribution in [1.82, 2.24) is 0 Å². The number of halogens is 4. The van der Waals surface area contributed by atoms with Gasteiger partial charge in [0.25, 0.3) is 0 Å². The Morgan fingerprint density at radius 1 is 1.27 bits per heavy atom. The number of benzene rings is 1. The molecule has 0 aliphatic heterocycles. The molecule has 0 radical (unpaired) electrons. The second-order valence-electron chi connectivity index (χ2n) is 7.08.